The lowest BCUT2D eigenvalue weighted by atomic mass is 10.2. The molecule has 4 rings (SSSR count). The molecule has 0 unspecified atom stereocenters. The Hall–Kier alpha value is -1.72. The molecule has 0 N–H and O–H groups in total. The van der Waals surface area contributed by atoms with Crippen LogP contribution < -0.4 is 0 Å². The van der Waals surface area contributed by atoms with Crippen LogP contribution in [0.3, 0.4) is 0 Å². The lowest BCUT2D eigenvalue weighted by molar-refractivity contribution is 0.602. The second kappa shape index (κ2) is 3.15. The Morgan fingerprint density at radius 2 is 2.12 bits per heavy atom. The van der Waals surface area contributed by atoms with E-state index in [0.717, 1.165) is 31.4 Å². The fourth-order valence-corrected chi connectivity index (χ4v) is 3.20. The van der Waals surface area contributed by atoms with E-state index in [1.165, 1.54) is 12.7 Å². The summed E-state index contributed by atoms with van der Waals surface area (Å²) in [5, 5.41) is 1.51. The topological polar surface area (TPSA) is 51.8 Å². The van der Waals surface area contributed by atoms with Gasteiger partial charge in [-0.3, -0.25) is 0 Å². The number of aromatic nitrogens is 3. The molecular weight excluding hydrogens is 258 g/mol. The van der Waals surface area contributed by atoms with Crippen LogP contribution in [0.4, 0.5) is 0 Å². The second-order valence-corrected chi connectivity index (χ2v) is 5.02. The minimum Gasteiger partial charge on any atom is -0.443 e. The smallest absolute Gasteiger partial charge is 0.181 e. The molecule has 4 nitrogen and oxygen atoms in total. The molecule has 0 fully saturated rings. The maximum absolute atomic E-state index is 6.05. The number of rotatable bonds is 0. The molecular formula is C11H4ClN3OS. The first-order chi connectivity index (χ1) is 8.33. The summed E-state index contributed by atoms with van der Waals surface area (Å²) in [6.45, 7) is 0. The molecule has 3 heterocycles. The highest BCUT2D eigenvalue weighted by Crippen LogP contribution is 2.37. The van der Waals surface area contributed by atoms with Gasteiger partial charge < -0.3 is 4.42 Å². The van der Waals surface area contributed by atoms with Gasteiger partial charge in [0, 0.05) is 10.1 Å². The minimum absolute atomic E-state index is 0.487. The van der Waals surface area contributed by atoms with E-state index >= 15 is 0 Å². The Morgan fingerprint density at radius 1 is 1.18 bits per heavy atom. The molecule has 0 aliphatic rings. The van der Waals surface area contributed by atoms with Crippen LogP contribution in [0.25, 0.3) is 31.4 Å². The molecule has 17 heavy (non-hydrogen) atoms. The predicted molar refractivity (Wildman–Crippen MR) is 67.5 cm³/mol. The summed E-state index contributed by atoms with van der Waals surface area (Å²) in [6, 6.07) is 3.93. The number of hydrogen-bond donors (Lipinski definition) is 0. The normalized spacial score (nSPS) is 11.8. The number of oxazole rings is 1. The largest absolute Gasteiger partial charge is 0.443 e. The van der Waals surface area contributed by atoms with Gasteiger partial charge in [0.25, 0.3) is 0 Å². The quantitative estimate of drug-likeness (QED) is 0.454. The number of hydrogen-bond acceptors (Lipinski definition) is 5. The maximum atomic E-state index is 6.05. The van der Waals surface area contributed by atoms with Crippen molar-refractivity contribution in [3.05, 3.63) is 30.0 Å². The van der Waals surface area contributed by atoms with Crippen LogP contribution in [0.1, 0.15) is 0 Å². The Morgan fingerprint density at radius 3 is 3.06 bits per heavy atom. The molecule has 6 heteroatoms. The lowest BCUT2D eigenvalue weighted by Crippen LogP contribution is -1.78. The van der Waals surface area contributed by atoms with Crippen LogP contribution in [-0.4, -0.2) is 15.0 Å². The fraction of sp³-hybridized carbons (Fsp3) is 0. The third-order valence-electron chi connectivity index (χ3n) is 2.66. The molecule has 0 radical (unpaired) electrons. The monoisotopic (exact) mass is 261 g/mol. The Bertz CT molecular complexity index is 867. The molecule has 3 aromatic heterocycles. The molecule has 0 bridgehead atoms. The van der Waals surface area contributed by atoms with Crippen molar-refractivity contribution < 1.29 is 4.42 Å². The van der Waals surface area contributed by atoms with E-state index in [1.54, 1.807) is 11.3 Å². The van der Waals surface area contributed by atoms with Crippen molar-refractivity contribution in [2.24, 2.45) is 0 Å². The SMILES string of the molecule is Clc1ncnc2c1sc1cc3ncoc3cc12. The van der Waals surface area contributed by atoms with Gasteiger partial charge in [0.2, 0.25) is 0 Å². The van der Waals surface area contributed by atoms with Crippen LogP contribution in [0, 0.1) is 0 Å². The average Bonchev–Trinajstić information content (AvgIpc) is 2.90. The van der Waals surface area contributed by atoms with Gasteiger partial charge in [0.15, 0.2) is 12.0 Å². The summed E-state index contributed by atoms with van der Waals surface area (Å²) < 4.78 is 7.28. The Labute approximate surface area is 104 Å². The van der Waals surface area contributed by atoms with E-state index in [4.69, 9.17) is 16.0 Å². The summed E-state index contributed by atoms with van der Waals surface area (Å²) in [5.41, 5.74) is 2.46. The van der Waals surface area contributed by atoms with Gasteiger partial charge >= 0.3 is 0 Å². The number of halogens is 1. The van der Waals surface area contributed by atoms with E-state index in [1.807, 2.05) is 12.1 Å². The number of fused-ring (bicyclic) bond motifs is 4. The summed E-state index contributed by atoms with van der Waals surface area (Å²) >= 11 is 7.62. The van der Waals surface area contributed by atoms with Crippen LogP contribution in [0.5, 0.6) is 0 Å². The minimum atomic E-state index is 0.487. The van der Waals surface area contributed by atoms with E-state index in [0.29, 0.717) is 5.15 Å². The Kier molecular flexibility index (Phi) is 1.73. The third-order valence-corrected chi connectivity index (χ3v) is 4.21. The van der Waals surface area contributed by atoms with E-state index < -0.39 is 0 Å². The molecule has 0 amide bonds. The molecule has 0 spiro atoms. The maximum Gasteiger partial charge on any atom is 0.181 e. The Balaban J connectivity index is 2.30. The molecule has 0 saturated carbocycles. The number of nitrogens with zero attached hydrogens (tertiary/aromatic N) is 3. The first kappa shape index (κ1) is 9.32. The van der Waals surface area contributed by atoms with Crippen LogP contribution >= 0.6 is 22.9 Å². The summed E-state index contributed by atoms with van der Waals surface area (Å²) in [5.74, 6) is 0. The molecule has 4 aromatic rings. The highest BCUT2D eigenvalue weighted by atomic mass is 35.5. The van der Waals surface area contributed by atoms with Gasteiger partial charge in [-0.25, -0.2) is 15.0 Å². The van der Waals surface area contributed by atoms with Crippen molar-refractivity contribution in [3.8, 4) is 0 Å². The molecule has 0 aliphatic carbocycles. The zero-order chi connectivity index (χ0) is 11.4. The van der Waals surface area contributed by atoms with Gasteiger partial charge in [-0.2, -0.15) is 0 Å². The standard InChI is InChI=1S/C11H4ClN3OS/c12-11-10-9(13-3-14-11)5-1-7-6(15-4-16-7)2-8(5)17-10/h1-4H. The second-order valence-electron chi connectivity index (χ2n) is 3.61. The summed E-state index contributed by atoms with van der Waals surface area (Å²) in [7, 11) is 0. The first-order valence-corrected chi connectivity index (χ1v) is 6.08. The van der Waals surface area contributed by atoms with Crippen LogP contribution in [0.2, 0.25) is 5.15 Å². The van der Waals surface area contributed by atoms with Gasteiger partial charge in [-0.15, -0.1) is 11.3 Å². The summed E-state index contributed by atoms with van der Waals surface area (Å²) in [4.78, 5) is 12.4. The summed E-state index contributed by atoms with van der Waals surface area (Å²) in [6.07, 6.45) is 2.92. The zero-order valence-corrected chi connectivity index (χ0v) is 9.92. The average molecular weight is 262 g/mol. The fourth-order valence-electron chi connectivity index (χ4n) is 1.90. The van der Waals surface area contributed by atoms with E-state index in [2.05, 4.69) is 15.0 Å². The third kappa shape index (κ3) is 1.20. The lowest BCUT2D eigenvalue weighted by Gasteiger charge is -1.91. The predicted octanol–water partition coefficient (Wildman–Crippen LogP) is 3.64. The van der Waals surface area contributed by atoms with Gasteiger partial charge in [0.1, 0.15) is 17.0 Å². The van der Waals surface area contributed by atoms with E-state index in [-0.39, 0.29) is 0 Å². The van der Waals surface area contributed by atoms with Gasteiger partial charge in [-0.05, 0) is 12.1 Å². The van der Waals surface area contributed by atoms with Crippen molar-refractivity contribution in [2.45, 2.75) is 0 Å². The van der Waals surface area contributed by atoms with Crippen LogP contribution in [-0.2, 0) is 0 Å². The highest BCUT2D eigenvalue weighted by molar-refractivity contribution is 7.26. The van der Waals surface area contributed by atoms with Gasteiger partial charge in [0.05, 0.1) is 10.2 Å². The zero-order valence-electron chi connectivity index (χ0n) is 8.35. The van der Waals surface area contributed by atoms with Crippen molar-refractivity contribution in [2.75, 3.05) is 0 Å². The molecule has 0 aliphatic heterocycles. The van der Waals surface area contributed by atoms with Crippen molar-refractivity contribution in [3.63, 3.8) is 0 Å². The number of benzene rings is 1. The first-order valence-electron chi connectivity index (χ1n) is 4.89. The van der Waals surface area contributed by atoms with Crippen LogP contribution in [0.15, 0.2) is 29.3 Å². The molecule has 0 saturated heterocycles. The van der Waals surface area contributed by atoms with Crippen molar-refractivity contribution >= 4 is 54.3 Å². The molecule has 1 aromatic carbocycles. The highest BCUT2D eigenvalue weighted by Gasteiger charge is 2.12. The molecule has 0 atom stereocenters. The van der Waals surface area contributed by atoms with E-state index in [9.17, 15) is 0 Å². The number of thiophene rings is 1. The van der Waals surface area contributed by atoms with Crippen molar-refractivity contribution in [1.82, 2.24) is 15.0 Å². The van der Waals surface area contributed by atoms with Gasteiger partial charge in [-0.1, -0.05) is 11.6 Å². The molecule has 82 valence electrons. The van der Waals surface area contributed by atoms with Crippen molar-refractivity contribution in [1.29, 1.82) is 0 Å².